The molecular weight excluding hydrogens is 172 g/mol. The van der Waals surface area contributed by atoms with E-state index in [0.29, 0.717) is 6.42 Å². The Morgan fingerprint density at radius 2 is 2.00 bits per heavy atom. The topological polar surface area (TPSA) is 77.8 Å². The molecule has 0 bridgehead atoms. The highest BCUT2D eigenvalue weighted by Gasteiger charge is 1.98. The van der Waals surface area contributed by atoms with Gasteiger partial charge in [0.1, 0.15) is 0 Å². The summed E-state index contributed by atoms with van der Waals surface area (Å²) in [6.45, 7) is 5.07. The van der Waals surface area contributed by atoms with Gasteiger partial charge in [0.2, 0.25) is 0 Å². The van der Waals surface area contributed by atoms with Crippen molar-refractivity contribution in [3.8, 4) is 0 Å². The number of rotatable bonds is 5. The first kappa shape index (κ1) is 14.6. The number of hydrogen-bond donors (Lipinski definition) is 3. The molecule has 4 nitrogen and oxygen atoms in total. The summed E-state index contributed by atoms with van der Waals surface area (Å²) in [5.41, 5.74) is 0. The molecule has 0 rings (SSSR count). The zero-order valence-electron chi connectivity index (χ0n) is 7.94. The second-order valence-electron chi connectivity index (χ2n) is 2.50. The fourth-order valence-electron chi connectivity index (χ4n) is 0.627. The summed E-state index contributed by atoms with van der Waals surface area (Å²) in [6.07, 6.45) is 2.86. The van der Waals surface area contributed by atoms with Crippen LogP contribution in [0.2, 0.25) is 0 Å². The molecule has 0 aromatic rings. The lowest BCUT2D eigenvalue weighted by atomic mass is 10.2. The molecule has 3 N–H and O–H groups in total. The maximum Gasteiger partial charge on any atom is 0.327 e. The minimum absolute atomic E-state index is 0.0984. The van der Waals surface area contributed by atoms with E-state index in [1.54, 1.807) is 0 Å². The maximum atomic E-state index is 9.25. The van der Waals surface area contributed by atoms with Gasteiger partial charge in [-0.05, 0) is 12.8 Å². The van der Waals surface area contributed by atoms with Crippen LogP contribution in [0, 0.1) is 0 Å². The van der Waals surface area contributed by atoms with E-state index < -0.39 is 5.97 Å². The van der Waals surface area contributed by atoms with Crippen molar-refractivity contribution >= 4 is 5.97 Å². The highest BCUT2D eigenvalue weighted by Crippen LogP contribution is 1.98. The Kier molecular flexibility index (Phi) is 12.5. The molecule has 0 amide bonds. The summed E-state index contributed by atoms with van der Waals surface area (Å²) in [5.74, 6) is -0.981. The molecule has 78 valence electrons. The van der Waals surface area contributed by atoms with Crippen LogP contribution < -0.4 is 0 Å². The monoisotopic (exact) mass is 190 g/mol. The summed E-state index contributed by atoms with van der Waals surface area (Å²) in [6, 6.07) is 0. The molecular formula is C9H18O4. The fraction of sp³-hybridized carbons (Fsp3) is 0.667. The number of carbonyl (C=O) groups is 1. The van der Waals surface area contributed by atoms with Crippen molar-refractivity contribution in [3.63, 3.8) is 0 Å². The largest absolute Gasteiger partial charge is 0.478 e. The first-order valence-corrected chi connectivity index (χ1v) is 4.22. The van der Waals surface area contributed by atoms with E-state index in [2.05, 4.69) is 6.58 Å². The smallest absolute Gasteiger partial charge is 0.327 e. The van der Waals surface area contributed by atoms with E-state index in [9.17, 15) is 4.79 Å². The molecule has 0 aliphatic rings. The third kappa shape index (κ3) is 18.2. The summed E-state index contributed by atoms with van der Waals surface area (Å²) in [5, 5.41) is 24.8. The van der Waals surface area contributed by atoms with E-state index in [-0.39, 0.29) is 12.7 Å². The summed E-state index contributed by atoms with van der Waals surface area (Å²) >= 11 is 0. The fourth-order valence-corrected chi connectivity index (χ4v) is 0.627. The van der Waals surface area contributed by atoms with Crippen LogP contribution in [0.15, 0.2) is 12.7 Å². The molecule has 0 saturated carbocycles. The van der Waals surface area contributed by atoms with E-state index in [4.69, 9.17) is 15.3 Å². The average Bonchev–Trinajstić information content (AvgIpc) is 2.06. The lowest BCUT2D eigenvalue weighted by molar-refractivity contribution is -0.131. The van der Waals surface area contributed by atoms with Gasteiger partial charge in [0, 0.05) is 12.7 Å². The van der Waals surface area contributed by atoms with Crippen LogP contribution in [0.1, 0.15) is 26.2 Å². The minimum atomic E-state index is -0.981. The quantitative estimate of drug-likeness (QED) is 0.560. The van der Waals surface area contributed by atoms with Gasteiger partial charge in [-0.1, -0.05) is 19.9 Å². The van der Waals surface area contributed by atoms with E-state index in [1.165, 1.54) is 0 Å². The Hall–Kier alpha value is -0.870. The molecule has 0 aliphatic carbocycles. The first-order chi connectivity index (χ1) is 6.08. The minimum Gasteiger partial charge on any atom is -0.478 e. The summed E-state index contributed by atoms with van der Waals surface area (Å²) in [7, 11) is 0. The number of aliphatic hydroxyl groups excluding tert-OH is 2. The van der Waals surface area contributed by atoms with Crippen LogP contribution in [-0.4, -0.2) is 34.0 Å². The zero-order valence-corrected chi connectivity index (χ0v) is 7.94. The van der Waals surface area contributed by atoms with Gasteiger partial charge >= 0.3 is 5.97 Å². The van der Waals surface area contributed by atoms with Crippen LogP contribution in [0.3, 0.4) is 0 Å². The van der Waals surface area contributed by atoms with Gasteiger partial charge in [0.15, 0.2) is 0 Å². The molecule has 0 radical (unpaired) electrons. The van der Waals surface area contributed by atoms with Crippen molar-refractivity contribution in [3.05, 3.63) is 12.7 Å². The van der Waals surface area contributed by atoms with Crippen molar-refractivity contribution < 1.29 is 20.1 Å². The highest BCUT2D eigenvalue weighted by atomic mass is 16.4. The van der Waals surface area contributed by atoms with Crippen LogP contribution in [0.25, 0.3) is 0 Å². The van der Waals surface area contributed by atoms with Gasteiger partial charge in [0.25, 0.3) is 0 Å². The van der Waals surface area contributed by atoms with Crippen LogP contribution in [-0.2, 0) is 4.79 Å². The Bertz CT molecular complexity index is 128. The standard InChI is InChI=1S/C6H14O2.C3H4O2/c1-2-3-6(8)4-5-7;1-2-3(4)5/h6-8H,2-5H2,1H3;2H,1H2,(H,4,5). The van der Waals surface area contributed by atoms with Gasteiger partial charge in [-0.15, -0.1) is 0 Å². The first-order valence-electron chi connectivity index (χ1n) is 4.22. The maximum absolute atomic E-state index is 9.25. The Morgan fingerprint density at radius 3 is 2.23 bits per heavy atom. The van der Waals surface area contributed by atoms with Gasteiger partial charge in [-0.3, -0.25) is 0 Å². The molecule has 0 aliphatic heterocycles. The van der Waals surface area contributed by atoms with Gasteiger partial charge in [-0.2, -0.15) is 0 Å². The van der Waals surface area contributed by atoms with Crippen molar-refractivity contribution in [2.45, 2.75) is 32.3 Å². The molecule has 0 aromatic carbocycles. The third-order valence-electron chi connectivity index (χ3n) is 1.26. The van der Waals surface area contributed by atoms with Gasteiger partial charge in [-0.25, -0.2) is 4.79 Å². The Morgan fingerprint density at radius 1 is 1.54 bits per heavy atom. The van der Waals surface area contributed by atoms with E-state index >= 15 is 0 Å². The van der Waals surface area contributed by atoms with Crippen molar-refractivity contribution in [1.29, 1.82) is 0 Å². The van der Waals surface area contributed by atoms with Gasteiger partial charge < -0.3 is 15.3 Å². The number of hydrogen-bond acceptors (Lipinski definition) is 3. The summed E-state index contributed by atoms with van der Waals surface area (Å²) < 4.78 is 0. The summed E-state index contributed by atoms with van der Waals surface area (Å²) in [4.78, 5) is 9.25. The van der Waals surface area contributed by atoms with Crippen molar-refractivity contribution in [1.82, 2.24) is 0 Å². The van der Waals surface area contributed by atoms with Crippen molar-refractivity contribution in [2.24, 2.45) is 0 Å². The molecule has 4 heteroatoms. The molecule has 0 spiro atoms. The number of aliphatic hydroxyl groups is 2. The molecule has 1 unspecified atom stereocenters. The van der Waals surface area contributed by atoms with Gasteiger partial charge in [0.05, 0.1) is 6.10 Å². The molecule has 13 heavy (non-hydrogen) atoms. The Labute approximate surface area is 78.5 Å². The van der Waals surface area contributed by atoms with E-state index in [1.807, 2.05) is 6.92 Å². The average molecular weight is 190 g/mol. The number of carboxylic acids is 1. The molecule has 0 saturated heterocycles. The molecule has 0 fully saturated rings. The van der Waals surface area contributed by atoms with E-state index in [0.717, 1.165) is 18.9 Å². The molecule has 1 atom stereocenters. The predicted molar refractivity (Wildman–Crippen MR) is 50.5 cm³/mol. The highest BCUT2D eigenvalue weighted by molar-refractivity contribution is 5.78. The van der Waals surface area contributed by atoms with Crippen molar-refractivity contribution in [2.75, 3.05) is 6.61 Å². The normalized spacial score (nSPS) is 11.0. The van der Waals surface area contributed by atoms with Crippen LogP contribution >= 0.6 is 0 Å². The van der Waals surface area contributed by atoms with Crippen LogP contribution in [0.5, 0.6) is 0 Å². The predicted octanol–water partition coefficient (Wildman–Crippen LogP) is 0.787. The lowest BCUT2D eigenvalue weighted by Gasteiger charge is -2.04. The SMILES string of the molecule is C=CC(=O)O.CCCC(O)CCO. The third-order valence-corrected chi connectivity index (χ3v) is 1.26. The molecule has 0 heterocycles. The Balaban J connectivity index is 0. The van der Waals surface area contributed by atoms with Crippen LogP contribution in [0.4, 0.5) is 0 Å². The number of aliphatic carboxylic acids is 1. The lowest BCUT2D eigenvalue weighted by Crippen LogP contribution is -2.07. The zero-order chi connectivity index (χ0) is 10.7. The number of carboxylic acid groups (broad SMARTS) is 1. The second kappa shape index (κ2) is 11.1. The molecule has 0 aromatic heterocycles. The second-order valence-corrected chi connectivity index (χ2v) is 2.50.